The summed E-state index contributed by atoms with van der Waals surface area (Å²) in [5.74, 6) is 1.91. The molecule has 0 amide bonds. The van der Waals surface area contributed by atoms with Gasteiger partial charge in [0.1, 0.15) is 5.82 Å². The number of nitrogens with one attached hydrogen (secondary N) is 2. The zero-order valence-electron chi connectivity index (χ0n) is 15.5. The first-order valence-electron chi connectivity index (χ1n) is 9.10. The van der Waals surface area contributed by atoms with Gasteiger partial charge in [0, 0.05) is 45.6 Å². The fraction of sp³-hybridized carbons (Fsp3) is 0.421. The van der Waals surface area contributed by atoms with Crippen LogP contribution in [0.4, 0.5) is 0 Å². The molecule has 0 aliphatic heterocycles. The van der Waals surface area contributed by atoms with Crippen molar-refractivity contribution in [2.45, 2.75) is 32.9 Å². The summed E-state index contributed by atoms with van der Waals surface area (Å²) in [6.07, 6.45) is 7.66. The van der Waals surface area contributed by atoms with Crippen LogP contribution in [0.25, 0.3) is 11.0 Å². The standard InChI is InChI=1S/C19H27N7/c1-16-24-17-7-3-4-8-18(17)26(16)13-6-10-23-19(20-2)22-9-5-12-25-14-11-21-15-25/h3-4,7-8,11,14-15H,5-6,9-10,12-13H2,1-2H3,(H2,20,22,23). The third-order valence-corrected chi connectivity index (χ3v) is 4.36. The lowest BCUT2D eigenvalue weighted by molar-refractivity contribution is 0.609. The number of hydrogen-bond acceptors (Lipinski definition) is 3. The molecule has 0 fully saturated rings. The van der Waals surface area contributed by atoms with Gasteiger partial charge in [-0.2, -0.15) is 0 Å². The van der Waals surface area contributed by atoms with Crippen molar-refractivity contribution in [3.8, 4) is 0 Å². The molecule has 0 saturated heterocycles. The molecule has 0 aliphatic rings. The second kappa shape index (κ2) is 9.03. The Bertz CT molecular complexity index is 833. The van der Waals surface area contributed by atoms with E-state index in [1.165, 1.54) is 5.52 Å². The lowest BCUT2D eigenvalue weighted by atomic mass is 10.3. The first-order valence-corrected chi connectivity index (χ1v) is 9.10. The normalized spacial score (nSPS) is 11.8. The number of guanidine groups is 1. The van der Waals surface area contributed by atoms with Gasteiger partial charge in [-0.1, -0.05) is 12.1 Å². The number of aromatic nitrogens is 4. The molecular weight excluding hydrogens is 326 g/mol. The van der Waals surface area contributed by atoms with Crippen LogP contribution in [0.15, 0.2) is 48.0 Å². The second-order valence-electron chi connectivity index (χ2n) is 6.23. The molecule has 2 N–H and O–H groups in total. The van der Waals surface area contributed by atoms with Crippen LogP contribution in [0.1, 0.15) is 18.7 Å². The molecule has 0 spiro atoms. The van der Waals surface area contributed by atoms with E-state index in [2.05, 4.69) is 59.9 Å². The number of aryl methyl sites for hydroxylation is 3. The molecule has 0 bridgehead atoms. The van der Waals surface area contributed by atoms with Gasteiger partial charge in [0.15, 0.2) is 5.96 Å². The highest BCUT2D eigenvalue weighted by atomic mass is 15.2. The van der Waals surface area contributed by atoms with Crippen LogP contribution in [-0.2, 0) is 13.1 Å². The van der Waals surface area contributed by atoms with Crippen molar-refractivity contribution in [3.05, 3.63) is 48.8 Å². The maximum Gasteiger partial charge on any atom is 0.190 e. The van der Waals surface area contributed by atoms with Crippen molar-refractivity contribution < 1.29 is 0 Å². The molecule has 0 unspecified atom stereocenters. The topological polar surface area (TPSA) is 72.1 Å². The van der Waals surface area contributed by atoms with E-state index in [-0.39, 0.29) is 0 Å². The Labute approximate surface area is 154 Å². The van der Waals surface area contributed by atoms with Crippen LogP contribution < -0.4 is 10.6 Å². The van der Waals surface area contributed by atoms with Crippen LogP contribution >= 0.6 is 0 Å². The maximum absolute atomic E-state index is 4.61. The van der Waals surface area contributed by atoms with Crippen LogP contribution in [0, 0.1) is 6.92 Å². The maximum atomic E-state index is 4.61. The van der Waals surface area contributed by atoms with Gasteiger partial charge in [-0.15, -0.1) is 0 Å². The van der Waals surface area contributed by atoms with Gasteiger partial charge in [-0.05, 0) is 31.9 Å². The van der Waals surface area contributed by atoms with E-state index in [9.17, 15) is 0 Å². The number of rotatable bonds is 8. The van der Waals surface area contributed by atoms with Crippen molar-refractivity contribution in [2.75, 3.05) is 20.1 Å². The summed E-state index contributed by atoms with van der Waals surface area (Å²) in [7, 11) is 1.80. The quantitative estimate of drug-likeness (QED) is 0.370. The highest BCUT2D eigenvalue weighted by molar-refractivity contribution is 5.79. The molecule has 26 heavy (non-hydrogen) atoms. The van der Waals surface area contributed by atoms with E-state index in [0.29, 0.717) is 0 Å². The molecule has 0 atom stereocenters. The van der Waals surface area contributed by atoms with Gasteiger partial charge in [-0.3, -0.25) is 4.99 Å². The zero-order chi connectivity index (χ0) is 18.2. The minimum atomic E-state index is 0.850. The molecular formula is C19H27N7. The Morgan fingerprint density at radius 2 is 1.88 bits per heavy atom. The predicted molar refractivity (Wildman–Crippen MR) is 105 cm³/mol. The summed E-state index contributed by atoms with van der Waals surface area (Å²) in [5.41, 5.74) is 2.26. The molecule has 1 aromatic carbocycles. The summed E-state index contributed by atoms with van der Waals surface area (Å²) in [6, 6.07) is 8.28. The molecule has 0 aliphatic carbocycles. The Morgan fingerprint density at radius 3 is 2.62 bits per heavy atom. The summed E-state index contributed by atoms with van der Waals surface area (Å²) in [6.45, 7) is 5.71. The Morgan fingerprint density at radius 1 is 1.12 bits per heavy atom. The fourth-order valence-electron chi connectivity index (χ4n) is 3.03. The van der Waals surface area contributed by atoms with Crippen molar-refractivity contribution in [1.82, 2.24) is 29.7 Å². The smallest absolute Gasteiger partial charge is 0.190 e. The molecule has 138 valence electrons. The second-order valence-corrected chi connectivity index (χ2v) is 6.23. The van der Waals surface area contributed by atoms with Gasteiger partial charge < -0.3 is 19.8 Å². The van der Waals surface area contributed by atoms with Gasteiger partial charge in [0.2, 0.25) is 0 Å². The van der Waals surface area contributed by atoms with E-state index in [1.807, 2.05) is 18.6 Å². The predicted octanol–water partition coefficient (Wildman–Crippen LogP) is 2.19. The van der Waals surface area contributed by atoms with Crippen LogP contribution in [0.5, 0.6) is 0 Å². The molecule has 3 rings (SSSR count). The molecule has 3 aromatic rings. The minimum absolute atomic E-state index is 0.850. The van der Waals surface area contributed by atoms with E-state index < -0.39 is 0 Å². The first-order chi connectivity index (χ1) is 12.8. The van der Waals surface area contributed by atoms with Crippen molar-refractivity contribution >= 4 is 17.0 Å². The Balaban J connectivity index is 1.38. The third kappa shape index (κ3) is 4.62. The molecule has 7 nitrogen and oxygen atoms in total. The third-order valence-electron chi connectivity index (χ3n) is 4.36. The van der Waals surface area contributed by atoms with E-state index >= 15 is 0 Å². The van der Waals surface area contributed by atoms with Crippen molar-refractivity contribution in [3.63, 3.8) is 0 Å². The van der Waals surface area contributed by atoms with Crippen LogP contribution in [-0.4, -0.2) is 45.2 Å². The lowest BCUT2D eigenvalue weighted by Crippen LogP contribution is -2.38. The molecule has 2 heterocycles. The van der Waals surface area contributed by atoms with E-state index in [1.54, 1.807) is 13.2 Å². The first kappa shape index (κ1) is 18.0. The average molecular weight is 353 g/mol. The number of para-hydroxylation sites is 2. The van der Waals surface area contributed by atoms with Gasteiger partial charge in [0.05, 0.1) is 17.4 Å². The average Bonchev–Trinajstić information content (AvgIpc) is 3.28. The summed E-state index contributed by atoms with van der Waals surface area (Å²) in [4.78, 5) is 12.9. The number of fused-ring (bicyclic) bond motifs is 1. The summed E-state index contributed by atoms with van der Waals surface area (Å²) in [5, 5.41) is 6.73. The van der Waals surface area contributed by atoms with E-state index in [0.717, 1.165) is 56.3 Å². The number of imidazole rings is 2. The van der Waals surface area contributed by atoms with Gasteiger partial charge in [-0.25, -0.2) is 9.97 Å². The summed E-state index contributed by atoms with van der Waals surface area (Å²) >= 11 is 0. The number of aliphatic imine (C=N–C) groups is 1. The Hall–Kier alpha value is -2.83. The van der Waals surface area contributed by atoms with Crippen LogP contribution in [0.3, 0.4) is 0 Å². The van der Waals surface area contributed by atoms with Crippen molar-refractivity contribution in [2.24, 2.45) is 4.99 Å². The lowest BCUT2D eigenvalue weighted by Gasteiger charge is -2.13. The summed E-state index contributed by atoms with van der Waals surface area (Å²) < 4.78 is 4.36. The van der Waals surface area contributed by atoms with Crippen LogP contribution in [0.2, 0.25) is 0 Å². The minimum Gasteiger partial charge on any atom is -0.356 e. The SMILES string of the molecule is CN=C(NCCCn1ccnc1)NCCCn1c(C)nc2ccccc21. The number of hydrogen-bond donors (Lipinski definition) is 2. The fourth-order valence-corrected chi connectivity index (χ4v) is 3.03. The molecule has 2 aromatic heterocycles. The number of nitrogens with zero attached hydrogens (tertiary/aromatic N) is 5. The zero-order valence-corrected chi connectivity index (χ0v) is 15.5. The highest BCUT2D eigenvalue weighted by Gasteiger charge is 2.06. The molecule has 0 saturated carbocycles. The monoisotopic (exact) mass is 353 g/mol. The van der Waals surface area contributed by atoms with Gasteiger partial charge >= 0.3 is 0 Å². The highest BCUT2D eigenvalue weighted by Crippen LogP contribution is 2.15. The largest absolute Gasteiger partial charge is 0.356 e. The Kier molecular flexibility index (Phi) is 6.24. The molecule has 0 radical (unpaired) electrons. The van der Waals surface area contributed by atoms with Crippen molar-refractivity contribution in [1.29, 1.82) is 0 Å². The number of benzene rings is 1. The van der Waals surface area contributed by atoms with E-state index in [4.69, 9.17) is 0 Å². The molecule has 7 heteroatoms. The van der Waals surface area contributed by atoms with Gasteiger partial charge in [0.25, 0.3) is 0 Å².